The van der Waals surface area contributed by atoms with Crippen molar-refractivity contribution in [1.29, 1.82) is 0 Å². The van der Waals surface area contributed by atoms with E-state index in [2.05, 4.69) is 10.4 Å². The van der Waals surface area contributed by atoms with E-state index in [0.29, 0.717) is 21.2 Å². The number of carbonyl (C=O) groups is 2. The van der Waals surface area contributed by atoms with Crippen LogP contribution in [0.3, 0.4) is 0 Å². The van der Waals surface area contributed by atoms with Crippen LogP contribution >= 0.6 is 35.0 Å². The fourth-order valence-electron chi connectivity index (χ4n) is 3.63. The van der Waals surface area contributed by atoms with Crippen LogP contribution in [0.2, 0.25) is 10.0 Å². The van der Waals surface area contributed by atoms with Gasteiger partial charge in [0.05, 0.1) is 30.4 Å². The first-order chi connectivity index (χ1) is 15.2. The van der Waals surface area contributed by atoms with Crippen molar-refractivity contribution in [2.24, 2.45) is 4.99 Å². The third-order valence-electron chi connectivity index (χ3n) is 5.14. The lowest BCUT2D eigenvalue weighted by Crippen LogP contribution is -2.50. The van der Waals surface area contributed by atoms with Gasteiger partial charge in [-0.3, -0.25) is 20.0 Å². The van der Waals surface area contributed by atoms with Gasteiger partial charge >= 0.3 is 0 Å². The number of nitrogens with zero attached hydrogens (tertiary/aromatic N) is 2. The number of aliphatic imine (C=N–C) groups is 1. The Bertz CT molecular complexity index is 1200. The molecule has 0 aliphatic carbocycles. The SMILES string of the molecule is O=C(Cc1ccccc1Cl)N=C1S[C@@H]2CS(=O)(=O)C[C@@H]2N1NC(=O)Cc1ccccc1Cl. The quantitative estimate of drug-likeness (QED) is 0.662. The predicted octanol–water partition coefficient (Wildman–Crippen LogP) is 2.91. The molecule has 2 fully saturated rings. The van der Waals surface area contributed by atoms with E-state index >= 15 is 0 Å². The van der Waals surface area contributed by atoms with Crippen LogP contribution in [0.4, 0.5) is 0 Å². The van der Waals surface area contributed by atoms with Crippen LogP contribution in [-0.2, 0) is 32.3 Å². The minimum atomic E-state index is -3.24. The number of amidine groups is 1. The Morgan fingerprint density at radius 3 is 2.22 bits per heavy atom. The van der Waals surface area contributed by atoms with E-state index in [-0.39, 0.29) is 40.7 Å². The summed E-state index contributed by atoms with van der Waals surface area (Å²) in [6.45, 7) is 0. The molecule has 2 atom stereocenters. The first-order valence-corrected chi connectivity index (χ1v) is 13.2. The fourth-order valence-corrected chi connectivity index (χ4v) is 7.91. The number of amides is 2. The van der Waals surface area contributed by atoms with Crippen LogP contribution < -0.4 is 5.43 Å². The molecule has 0 spiro atoms. The van der Waals surface area contributed by atoms with Crippen LogP contribution in [0, 0.1) is 0 Å². The minimum Gasteiger partial charge on any atom is -0.273 e. The maximum Gasteiger partial charge on any atom is 0.252 e. The summed E-state index contributed by atoms with van der Waals surface area (Å²) in [5.41, 5.74) is 4.02. The Hall–Kier alpha value is -2.07. The zero-order valence-corrected chi connectivity index (χ0v) is 19.8. The Morgan fingerprint density at radius 1 is 1.00 bits per heavy atom. The molecule has 11 heteroatoms. The second kappa shape index (κ2) is 9.43. The molecule has 2 aromatic carbocycles. The highest BCUT2D eigenvalue weighted by Crippen LogP contribution is 2.37. The van der Waals surface area contributed by atoms with Gasteiger partial charge in [0.2, 0.25) is 5.91 Å². The van der Waals surface area contributed by atoms with E-state index in [0.717, 1.165) is 0 Å². The molecule has 2 heterocycles. The highest BCUT2D eigenvalue weighted by Gasteiger charge is 2.49. The molecule has 1 N–H and O–H groups in total. The number of fused-ring (bicyclic) bond motifs is 1. The largest absolute Gasteiger partial charge is 0.273 e. The van der Waals surface area contributed by atoms with Gasteiger partial charge in [0.1, 0.15) is 0 Å². The van der Waals surface area contributed by atoms with Gasteiger partial charge in [0, 0.05) is 15.3 Å². The van der Waals surface area contributed by atoms with Crippen molar-refractivity contribution in [2.75, 3.05) is 11.5 Å². The van der Waals surface area contributed by atoms with Crippen molar-refractivity contribution in [3.63, 3.8) is 0 Å². The monoisotopic (exact) mass is 511 g/mol. The van der Waals surface area contributed by atoms with Gasteiger partial charge in [-0.05, 0) is 23.3 Å². The number of carbonyl (C=O) groups excluding carboxylic acids is 2. The molecular formula is C21H19Cl2N3O4S2. The summed E-state index contributed by atoms with van der Waals surface area (Å²) in [6, 6.07) is 13.5. The van der Waals surface area contributed by atoms with E-state index in [1.807, 2.05) is 0 Å². The Kier molecular flexibility index (Phi) is 6.80. The fraction of sp³-hybridized carbons (Fsp3) is 0.286. The zero-order chi connectivity index (χ0) is 22.9. The summed E-state index contributed by atoms with van der Waals surface area (Å²) in [6.07, 6.45) is 0.00456. The van der Waals surface area contributed by atoms with Crippen molar-refractivity contribution in [2.45, 2.75) is 24.1 Å². The Morgan fingerprint density at radius 2 is 1.59 bits per heavy atom. The molecule has 4 rings (SSSR count). The van der Waals surface area contributed by atoms with Crippen molar-refractivity contribution < 1.29 is 18.0 Å². The molecule has 2 aromatic rings. The highest BCUT2D eigenvalue weighted by molar-refractivity contribution is 8.15. The molecular weight excluding hydrogens is 493 g/mol. The number of halogens is 2. The van der Waals surface area contributed by atoms with E-state index in [1.54, 1.807) is 48.5 Å². The lowest BCUT2D eigenvalue weighted by molar-refractivity contribution is -0.124. The van der Waals surface area contributed by atoms with Gasteiger partial charge in [-0.2, -0.15) is 4.99 Å². The molecule has 7 nitrogen and oxygen atoms in total. The maximum atomic E-state index is 12.7. The van der Waals surface area contributed by atoms with Crippen LogP contribution in [0.1, 0.15) is 11.1 Å². The second-order valence-electron chi connectivity index (χ2n) is 7.53. The van der Waals surface area contributed by atoms with E-state index < -0.39 is 21.8 Å². The molecule has 168 valence electrons. The summed E-state index contributed by atoms with van der Waals surface area (Å²) in [7, 11) is -3.24. The molecule has 32 heavy (non-hydrogen) atoms. The highest BCUT2D eigenvalue weighted by atomic mass is 35.5. The predicted molar refractivity (Wildman–Crippen MR) is 127 cm³/mol. The topological polar surface area (TPSA) is 95.9 Å². The molecule has 2 aliphatic heterocycles. The molecule has 0 radical (unpaired) electrons. The summed E-state index contributed by atoms with van der Waals surface area (Å²) in [5.74, 6) is -0.963. The van der Waals surface area contributed by atoms with Gasteiger partial charge < -0.3 is 0 Å². The molecule has 2 aliphatic rings. The lowest BCUT2D eigenvalue weighted by Gasteiger charge is -2.25. The average Bonchev–Trinajstić information content (AvgIpc) is 3.17. The number of sulfone groups is 1. The third-order valence-corrected chi connectivity index (χ3v) is 9.09. The van der Waals surface area contributed by atoms with Crippen molar-refractivity contribution in [3.05, 3.63) is 69.7 Å². The van der Waals surface area contributed by atoms with Gasteiger partial charge in [0.15, 0.2) is 15.0 Å². The Balaban J connectivity index is 1.53. The van der Waals surface area contributed by atoms with Crippen LogP contribution in [0.15, 0.2) is 53.5 Å². The third kappa shape index (κ3) is 5.28. The summed E-state index contributed by atoms with van der Waals surface area (Å²) >= 11 is 13.5. The van der Waals surface area contributed by atoms with Crippen LogP contribution in [0.5, 0.6) is 0 Å². The molecule has 0 unspecified atom stereocenters. The first-order valence-electron chi connectivity index (χ1n) is 9.76. The van der Waals surface area contributed by atoms with Crippen LogP contribution in [0.25, 0.3) is 0 Å². The summed E-state index contributed by atoms with van der Waals surface area (Å²) in [5, 5.41) is 2.31. The summed E-state index contributed by atoms with van der Waals surface area (Å²) in [4.78, 5) is 29.5. The molecule has 0 bridgehead atoms. The second-order valence-corrected chi connectivity index (χ2v) is 11.7. The maximum absolute atomic E-state index is 12.7. The van der Waals surface area contributed by atoms with Gasteiger partial charge in [-0.15, -0.1) is 0 Å². The van der Waals surface area contributed by atoms with E-state index in [4.69, 9.17) is 23.2 Å². The van der Waals surface area contributed by atoms with Gasteiger partial charge in [-0.1, -0.05) is 71.4 Å². The van der Waals surface area contributed by atoms with Crippen molar-refractivity contribution in [1.82, 2.24) is 10.4 Å². The molecule has 0 aromatic heterocycles. The lowest BCUT2D eigenvalue weighted by atomic mass is 10.1. The van der Waals surface area contributed by atoms with Crippen molar-refractivity contribution in [3.8, 4) is 0 Å². The molecule has 2 saturated heterocycles. The number of hydrogen-bond donors (Lipinski definition) is 1. The van der Waals surface area contributed by atoms with E-state index in [9.17, 15) is 18.0 Å². The number of hydrazine groups is 1. The number of benzene rings is 2. The average molecular weight is 512 g/mol. The standard InChI is InChI=1S/C21H19Cl2N3O4S2/c22-15-7-3-1-5-13(15)9-19(27)24-21-26(17-11-32(29,30)12-18(17)31-21)25-20(28)10-14-6-2-4-8-16(14)23/h1-8,17-18H,9-12H2,(H,25,28)/t17-,18+/m0/s1. The van der Waals surface area contributed by atoms with Gasteiger partial charge in [-0.25, -0.2) is 8.42 Å². The van der Waals surface area contributed by atoms with Crippen molar-refractivity contribution >= 4 is 61.8 Å². The van der Waals surface area contributed by atoms with Crippen LogP contribution in [-0.4, -0.2) is 53.2 Å². The number of rotatable bonds is 5. The first kappa shape index (κ1) is 23.1. The number of hydrogen-bond acceptors (Lipinski definition) is 5. The zero-order valence-electron chi connectivity index (χ0n) is 16.7. The Labute approximate surface area is 200 Å². The molecule has 2 amide bonds. The number of thioether (sulfide) groups is 1. The number of nitrogens with one attached hydrogen (secondary N) is 1. The van der Waals surface area contributed by atoms with Gasteiger partial charge in [0.25, 0.3) is 5.91 Å². The summed E-state index contributed by atoms with van der Waals surface area (Å²) < 4.78 is 24.3. The van der Waals surface area contributed by atoms with E-state index in [1.165, 1.54) is 16.8 Å². The normalized spacial score (nSPS) is 22.7. The minimum absolute atomic E-state index is 0.00122. The molecule has 0 saturated carbocycles. The smallest absolute Gasteiger partial charge is 0.252 e.